The number of hydrogen-bond acceptors (Lipinski definition) is 16. The Hall–Kier alpha value is -0.640. The molecule has 3 heterocycles. The molecule has 3 saturated heterocycles. The minimum absolute atomic E-state index is 0.750. The van der Waals surface area contributed by atoms with Crippen LogP contribution in [0, 0.1) is 0 Å². The van der Waals surface area contributed by atoms with Crippen LogP contribution >= 0.6 is 0 Å². The zero-order chi connectivity index (χ0) is 25.3. The number of hydrogen-bond donors (Lipinski definition) is 11. The lowest BCUT2D eigenvalue weighted by Crippen LogP contribution is -2.66. The summed E-state index contributed by atoms with van der Waals surface area (Å²) in [5, 5.41) is 110. The van der Waals surface area contributed by atoms with Crippen molar-refractivity contribution >= 4 is 0 Å². The second kappa shape index (κ2) is 11.6. The van der Waals surface area contributed by atoms with Crippen molar-refractivity contribution in [3.05, 3.63) is 0 Å². The van der Waals surface area contributed by atoms with Crippen LogP contribution in [0.4, 0.5) is 0 Å². The lowest BCUT2D eigenvalue weighted by molar-refractivity contribution is -0.379. The number of aliphatic hydroxyl groups is 11. The van der Waals surface area contributed by atoms with Gasteiger partial charge in [0.05, 0.1) is 19.8 Å². The molecular weight excluding hydrogens is 472 g/mol. The van der Waals surface area contributed by atoms with Gasteiger partial charge in [-0.3, -0.25) is 0 Å². The van der Waals surface area contributed by atoms with Crippen molar-refractivity contribution in [3.8, 4) is 0 Å². The molecule has 0 aromatic carbocycles. The third-order valence-electron chi connectivity index (χ3n) is 6.09. The molecule has 34 heavy (non-hydrogen) atoms. The van der Waals surface area contributed by atoms with Crippen molar-refractivity contribution in [2.45, 2.75) is 92.1 Å². The Bertz CT molecular complexity index is 639. The molecule has 0 aromatic rings. The maximum atomic E-state index is 10.7. The van der Waals surface area contributed by atoms with Gasteiger partial charge in [0.25, 0.3) is 0 Å². The lowest BCUT2D eigenvalue weighted by atomic mass is 9.96. The quantitative estimate of drug-likeness (QED) is 0.154. The van der Waals surface area contributed by atoms with Gasteiger partial charge in [-0.1, -0.05) is 0 Å². The Morgan fingerprint density at radius 1 is 0.441 bits per heavy atom. The van der Waals surface area contributed by atoms with Crippen LogP contribution in [0.15, 0.2) is 0 Å². The van der Waals surface area contributed by atoms with E-state index in [0.29, 0.717) is 0 Å². The van der Waals surface area contributed by atoms with Crippen LogP contribution in [0.25, 0.3) is 0 Å². The molecule has 0 aliphatic carbocycles. The van der Waals surface area contributed by atoms with Gasteiger partial charge >= 0.3 is 0 Å². The van der Waals surface area contributed by atoms with Gasteiger partial charge in [0.15, 0.2) is 18.9 Å². The van der Waals surface area contributed by atoms with Crippen molar-refractivity contribution in [3.63, 3.8) is 0 Å². The highest BCUT2D eigenvalue weighted by atomic mass is 16.7. The topological polar surface area (TPSA) is 269 Å². The minimum atomic E-state index is -1.92. The molecule has 0 radical (unpaired) electrons. The zero-order valence-corrected chi connectivity index (χ0v) is 17.7. The van der Waals surface area contributed by atoms with Crippen molar-refractivity contribution in [1.29, 1.82) is 0 Å². The summed E-state index contributed by atoms with van der Waals surface area (Å²) in [7, 11) is 0. The molecule has 16 heteroatoms. The number of ether oxygens (including phenoxy) is 5. The fourth-order valence-electron chi connectivity index (χ4n) is 4.04. The highest BCUT2D eigenvalue weighted by Gasteiger charge is 2.53. The van der Waals surface area contributed by atoms with E-state index in [1.807, 2.05) is 0 Å². The van der Waals surface area contributed by atoms with Crippen molar-refractivity contribution in [1.82, 2.24) is 0 Å². The van der Waals surface area contributed by atoms with E-state index >= 15 is 0 Å². The fraction of sp³-hybridized carbons (Fsp3) is 1.00. The molecular formula is C18H32O16. The Labute approximate surface area is 192 Å². The first-order chi connectivity index (χ1) is 16.0. The van der Waals surface area contributed by atoms with Gasteiger partial charge in [-0.15, -0.1) is 0 Å². The SMILES string of the molecule is OC[C@H]1OC(O[C@H]2[C@H](O)[C@@H](CO)OC(O[C@@H]3C(O)C(O)O[C@H](CO)[C@H]3O)[C@@H]2O)[C@H](O)[C@@H](O)[C@@H]1O. The molecule has 3 rings (SSSR count). The first kappa shape index (κ1) is 27.9. The summed E-state index contributed by atoms with van der Waals surface area (Å²) < 4.78 is 26.2. The molecule has 3 fully saturated rings. The largest absolute Gasteiger partial charge is 0.394 e. The van der Waals surface area contributed by atoms with E-state index in [1.54, 1.807) is 0 Å². The van der Waals surface area contributed by atoms with Gasteiger partial charge in [-0.25, -0.2) is 0 Å². The van der Waals surface area contributed by atoms with Gasteiger partial charge in [0, 0.05) is 0 Å². The van der Waals surface area contributed by atoms with E-state index in [9.17, 15) is 56.2 Å². The predicted molar refractivity (Wildman–Crippen MR) is 101 cm³/mol. The standard InChI is InChI=1S/C18H32O16/c19-1-4-7(22)10(25)11(26)17(31-4)34-15-9(24)6(3-21)32-18(13(15)28)33-14-8(23)5(2-20)30-16(29)12(14)27/h4-29H,1-3H2/t4-,5-,6-,7-,8-,9-,10+,11-,12?,13-,14+,15+,16?,17?,18?/m1/s1. The van der Waals surface area contributed by atoms with Gasteiger partial charge in [0.2, 0.25) is 0 Å². The monoisotopic (exact) mass is 504 g/mol. The van der Waals surface area contributed by atoms with E-state index in [0.717, 1.165) is 0 Å². The molecule has 0 aromatic heterocycles. The third kappa shape index (κ3) is 5.37. The molecule has 15 atom stereocenters. The first-order valence-electron chi connectivity index (χ1n) is 10.6. The average Bonchev–Trinajstić information content (AvgIpc) is 2.82. The summed E-state index contributed by atoms with van der Waals surface area (Å²) in [4.78, 5) is 0. The Morgan fingerprint density at radius 2 is 0.853 bits per heavy atom. The van der Waals surface area contributed by atoms with Gasteiger partial charge < -0.3 is 79.9 Å². The Kier molecular flexibility index (Phi) is 9.54. The van der Waals surface area contributed by atoms with E-state index in [4.69, 9.17) is 23.7 Å². The van der Waals surface area contributed by atoms with Crippen LogP contribution in [-0.4, -0.2) is 168 Å². The molecule has 3 aliphatic rings. The third-order valence-corrected chi connectivity index (χ3v) is 6.09. The molecule has 0 spiro atoms. The molecule has 0 amide bonds. The van der Waals surface area contributed by atoms with Crippen LogP contribution in [0.3, 0.4) is 0 Å². The molecule has 0 bridgehead atoms. The molecule has 4 unspecified atom stereocenters. The van der Waals surface area contributed by atoms with Crippen LogP contribution in [0.5, 0.6) is 0 Å². The summed E-state index contributed by atoms with van der Waals surface area (Å²) in [6.45, 7) is -2.33. The summed E-state index contributed by atoms with van der Waals surface area (Å²) in [6, 6.07) is 0. The number of rotatable bonds is 7. The van der Waals surface area contributed by atoms with Crippen LogP contribution < -0.4 is 0 Å². The second-order valence-electron chi connectivity index (χ2n) is 8.33. The highest BCUT2D eigenvalue weighted by molar-refractivity contribution is 4.96. The van der Waals surface area contributed by atoms with E-state index in [2.05, 4.69) is 0 Å². The van der Waals surface area contributed by atoms with Gasteiger partial charge in [-0.05, 0) is 0 Å². The van der Waals surface area contributed by atoms with Crippen LogP contribution in [0.1, 0.15) is 0 Å². The van der Waals surface area contributed by atoms with Crippen molar-refractivity contribution < 1.29 is 79.9 Å². The minimum Gasteiger partial charge on any atom is -0.394 e. The van der Waals surface area contributed by atoms with E-state index in [-0.39, 0.29) is 0 Å². The molecule has 3 aliphatic heterocycles. The van der Waals surface area contributed by atoms with E-state index in [1.165, 1.54) is 0 Å². The first-order valence-corrected chi connectivity index (χ1v) is 10.6. The summed E-state index contributed by atoms with van der Waals surface area (Å²) in [5.74, 6) is 0. The second-order valence-corrected chi connectivity index (χ2v) is 8.33. The zero-order valence-electron chi connectivity index (χ0n) is 17.7. The lowest BCUT2D eigenvalue weighted by Gasteiger charge is -2.47. The maximum Gasteiger partial charge on any atom is 0.187 e. The Morgan fingerprint density at radius 3 is 1.35 bits per heavy atom. The summed E-state index contributed by atoms with van der Waals surface area (Å²) in [6.07, 6.45) is -25.5. The summed E-state index contributed by atoms with van der Waals surface area (Å²) in [5.41, 5.74) is 0. The molecule has 0 saturated carbocycles. The Balaban J connectivity index is 1.78. The van der Waals surface area contributed by atoms with Crippen molar-refractivity contribution in [2.75, 3.05) is 19.8 Å². The highest BCUT2D eigenvalue weighted by Crippen LogP contribution is 2.32. The molecule has 16 nitrogen and oxygen atoms in total. The summed E-state index contributed by atoms with van der Waals surface area (Å²) >= 11 is 0. The van der Waals surface area contributed by atoms with Gasteiger partial charge in [-0.2, -0.15) is 0 Å². The molecule has 200 valence electrons. The predicted octanol–water partition coefficient (Wildman–Crippen LogP) is -7.57. The maximum absolute atomic E-state index is 10.7. The molecule has 11 N–H and O–H groups in total. The van der Waals surface area contributed by atoms with Gasteiger partial charge in [0.1, 0.15) is 73.2 Å². The smallest absolute Gasteiger partial charge is 0.187 e. The van der Waals surface area contributed by atoms with E-state index < -0.39 is 112 Å². The average molecular weight is 504 g/mol. The van der Waals surface area contributed by atoms with Crippen molar-refractivity contribution in [2.24, 2.45) is 0 Å². The van der Waals surface area contributed by atoms with Crippen LogP contribution in [0.2, 0.25) is 0 Å². The van der Waals surface area contributed by atoms with Crippen LogP contribution in [-0.2, 0) is 23.7 Å². The normalized spacial score (nSPS) is 52.5. The number of aliphatic hydroxyl groups excluding tert-OH is 11. The fourth-order valence-corrected chi connectivity index (χ4v) is 4.04.